The third-order valence-electron chi connectivity index (χ3n) is 3.67. The normalized spacial score (nSPS) is 11.6. The molecule has 0 spiro atoms. The lowest BCUT2D eigenvalue weighted by atomic mass is 10.3. The lowest BCUT2D eigenvalue weighted by Gasteiger charge is -2.08. The molecule has 3 aromatic heterocycles. The van der Waals surface area contributed by atoms with Crippen LogP contribution < -0.4 is 0 Å². The van der Waals surface area contributed by atoms with E-state index in [-0.39, 0.29) is 0 Å². The molecular weight excluding hydrogens is 306 g/mol. The Hall–Kier alpha value is -1.40. The number of fused-ring (bicyclic) bond motifs is 1. The van der Waals surface area contributed by atoms with E-state index in [4.69, 9.17) is 16.6 Å². The lowest BCUT2D eigenvalue weighted by molar-refractivity contribution is 0.690. The number of alkyl halides is 1. The number of imidazole rings is 1. The predicted molar refractivity (Wildman–Crippen MR) is 86.3 cm³/mol. The van der Waals surface area contributed by atoms with Gasteiger partial charge in [-0.15, -0.1) is 22.9 Å². The Morgan fingerprint density at radius 2 is 2.19 bits per heavy atom. The largest absolute Gasteiger partial charge is 0.307 e. The van der Waals surface area contributed by atoms with Crippen LogP contribution in [0.2, 0.25) is 0 Å². The van der Waals surface area contributed by atoms with Gasteiger partial charge in [-0.3, -0.25) is 4.68 Å². The van der Waals surface area contributed by atoms with E-state index in [0.717, 1.165) is 47.8 Å². The quantitative estimate of drug-likeness (QED) is 0.678. The van der Waals surface area contributed by atoms with Gasteiger partial charge in [0.25, 0.3) is 0 Å². The number of thiazole rings is 1. The lowest BCUT2D eigenvalue weighted by Crippen LogP contribution is -2.09. The molecule has 0 saturated heterocycles. The molecule has 0 fully saturated rings. The van der Waals surface area contributed by atoms with Crippen molar-refractivity contribution in [1.29, 1.82) is 0 Å². The number of hydrogen-bond acceptors (Lipinski definition) is 4. The fraction of sp³-hybridized carbons (Fsp3) is 0.500. The van der Waals surface area contributed by atoms with Gasteiger partial charge in [-0.05, 0) is 13.3 Å². The van der Waals surface area contributed by atoms with Gasteiger partial charge in [0.15, 0.2) is 5.65 Å². The van der Waals surface area contributed by atoms with Gasteiger partial charge in [-0.25, -0.2) is 9.97 Å². The Morgan fingerprint density at radius 1 is 1.38 bits per heavy atom. The Kier molecular flexibility index (Phi) is 3.99. The first kappa shape index (κ1) is 14.5. The van der Waals surface area contributed by atoms with Gasteiger partial charge in [0.05, 0.1) is 23.4 Å². The molecule has 0 unspecified atom stereocenters. The monoisotopic (exact) mass is 323 g/mol. The van der Waals surface area contributed by atoms with E-state index in [0.29, 0.717) is 5.88 Å². The van der Waals surface area contributed by atoms with E-state index < -0.39 is 0 Å². The molecular formula is C14H18ClN5S. The number of rotatable bonds is 5. The molecule has 5 nitrogen and oxygen atoms in total. The summed E-state index contributed by atoms with van der Waals surface area (Å²) in [5, 5.41) is 4.57. The first-order valence-electron chi connectivity index (χ1n) is 7.01. The van der Waals surface area contributed by atoms with E-state index in [1.165, 1.54) is 4.88 Å². The van der Waals surface area contributed by atoms with Gasteiger partial charge in [0.2, 0.25) is 0 Å². The summed E-state index contributed by atoms with van der Waals surface area (Å²) in [4.78, 5) is 10.4. The summed E-state index contributed by atoms with van der Waals surface area (Å²) in [7, 11) is 1.98. The van der Waals surface area contributed by atoms with Gasteiger partial charge in [-0.2, -0.15) is 5.10 Å². The van der Waals surface area contributed by atoms with Crippen LogP contribution in [0, 0.1) is 6.92 Å². The minimum atomic E-state index is 0.569. The molecule has 21 heavy (non-hydrogen) atoms. The van der Waals surface area contributed by atoms with Gasteiger partial charge in [0, 0.05) is 24.2 Å². The molecule has 0 radical (unpaired) electrons. The van der Waals surface area contributed by atoms with Crippen LogP contribution in [-0.4, -0.2) is 30.2 Å². The second-order valence-electron chi connectivity index (χ2n) is 5.01. The number of aromatic nitrogens is 5. The topological polar surface area (TPSA) is 48.5 Å². The van der Waals surface area contributed by atoms with E-state index in [9.17, 15) is 0 Å². The highest BCUT2D eigenvalue weighted by atomic mass is 35.5. The smallest absolute Gasteiger partial charge is 0.159 e. The second kappa shape index (κ2) is 5.77. The summed E-state index contributed by atoms with van der Waals surface area (Å²) in [5.41, 5.74) is 6.09. The number of nitrogens with zero attached hydrogens (tertiary/aromatic N) is 5. The molecule has 0 atom stereocenters. The zero-order chi connectivity index (χ0) is 15.0. The number of aryl methyl sites for hydroxylation is 4. The van der Waals surface area contributed by atoms with Crippen molar-refractivity contribution in [2.45, 2.75) is 33.2 Å². The van der Waals surface area contributed by atoms with Crippen molar-refractivity contribution in [3.8, 4) is 0 Å². The molecule has 0 aliphatic heterocycles. The summed E-state index contributed by atoms with van der Waals surface area (Å²) >= 11 is 7.62. The summed E-state index contributed by atoms with van der Waals surface area (Å²) in [5.74, 6) is 1.59. The predicted octanol–water partition coefficient (Wildman–Crippen LogP) is 2.93. The van der Waals surface area contributed by atoms with Gasteiger partial charge < -0.3 is 4.57 Å². The highest BCUT2D eigenvalue weighted by Crippen LogP contribution is 2.23. The molecule has 3 aromatic rings. The third-order valence-corrected chi connectivity index (χ3v) is 4.78. The molecule has 0 N–H and O–H groups in total. The maximum Gasteiger partial charge on any atom is 0.159 e. The average Bonchev–Trinajstić information content (AvgIpc) is 3.10. The van der Waals surface area contributed by atoms with Crippen molar-refractivity contribution in [1.82, 2.24) is 24.3 Å². The molecule has 0 aliphatic rings. The van der Waals surface area contributed by atoms with Gasteiger partial charge >= 0.3 is 0 Å². The summed E-state index contributed by atoms with van der Waals surface area (Å²) in [6, 6.07) is 0. The molecule has 0 bridgehead atoms. The van der Waals surface area contributed by atoms with Crippen LogP contribution in [0.4, 0.5) is 0 Å². The van der Waals surface area contributed by atoms with Crippen LogP contribution in [0.25, 0.3) is 11.2 Å². The molecule has 0 aliphatic carbocycles. The van der Waals surface area contributed by atoms with Crippen molar-refractivity contribution >= 4 is 34.1 Å². The molecule has 112 valence electrons. The van der Waals surface area contributed by atoms with Crippen LogP contribution in [0.15, 0.2) is 5.51 Å². The van der Waals surface area contributed by atoms with Crippen LogP contribution in [0.1, 0.15) is 29.0 Å². The Labute approximate surface area is 132 Å². The molecule has 0 amide bonds. The highest BCUT2D eigenvalue weighted by molar-refractivity contribution is 7.09. The highest BCUT2D eigenvalue weighted by Gasteiger charge is 2.19. The fourth-order valence-corrected chi connectivity index (χ4v) is 3.52. The van der Waals surface area contributed by atoms with Crippen LogP contribution >= 0.6 is 22.9 Å². The van der Waals surface area contributed by atoms with Gasteiger partial charge in [-0.1, -0.05) is 6.92 Å². The minimum Gasteiger partial charge on any atom is -0.307 e. The van der Waals surface area contributed by atoms with E-state index in [1.54, 1.807) is 11.3 Å². The summed E-state index contributed by atoms with van der Waals surface area (Å²) in [6.07, 6.45) is 1.64. The van der Waals surface area contributed by atoms with Crippen molar-refractivity contribution in [3.05, 3.63) is 27.6 Å². The van der Waals surface area contributed by atoms with Crippen molar-refractivity contribution in [3.63, 3.8) is 0 Å². The fourth-order valence-electron chi connectivity index (χ4n) is 2.59. The second-order valence-corrected chi connectivity index (χ2v) is 6.33. The maximum absolute atomic E-state index is 5.94. The summed E-state index contributed by atoms with van der Waals surface area (Å²) < 4.78 is 4.15. The third kappa shape index (κ3) is 2.46. The van der Waals surface area contributed by atoms with Crippen molar-refractivity contribution in [2.24, 2.45) is 7.05 Å². The number of halogens is 1. The first-order valence-corrected chi connectivity index (χ1v) is 8.43. The minimum absolute atomic E-state index is 0.569. The van der Waals surface area contributed by atoms with Crippen molar-refractivity contribution < 1.29 is 0 Å². The first-order chi connectivity index (χ1) is 10.2. The average molecular weight is 324 g/mol. The standard InChI is InChI=1S/C14H18ClN5S/c1-4-10-13-14(19(3)18-10)20(12(17-13)5-6-15)7-11-9(2)16-8-21-11/h8H,4-7H2,1-3H3. The number of hydrogen-bond donors (Lipinski definition) is 0. The molecule has 0 saturated carbocycles. The zero-order valence-corrected chi connectivity index (χ0v) is 14.0. The van der Waals surface area contributed by atoms with Crippen molar-refractivity contribution in [2.75, 3.05) is 5.88 Å². The summed E-state index contributed by atoms with van der Waals surface area (Å²) in [6.45, 7) is 4.93. The van der Waals surface area contributed by atoms with E-state index >= 15 is 0 Å². The Bertz CT molecular complexity index is 770. The van der Waals surface area contributed by atoms with Crippen LogP contribution in [-0.2, 0) is 26.4 Å². The van der Waals surface area contributed by atoms with Gasteiger partial charge in [0.1, 0.15) is 11.3 Å². The molecule has 3 rings (SSSR count). The zero-order valence-electron chi connectivity index (χ0n) is 12.4. The van der Waals surface area contributed by atoms with Crippen LogP contribution in [0.5, 0.6) is 0 Å². The molecule has 0 aromatic carbocycles. The Morgan fingerprint density at radius 3 is 2.81 bits per heavy atom. The maximum atomic E-state index is 5.94. The Balaban J connectivity index is 2.15. The SMILES string of the molecule is CCc1nn(C)c2c1nc(CCCl)n2Cc1scnc1C. The van der Waals surface area contributed by atoms with E-state index in [2.05, 4.69) is 21.6 Å². The molecule has 3 heterocycles. The molecule has 7 heteroatoms. The van der Waals surface area contributed by atoms with E-state index in [1.807, 2.05) is 24.2 Å². The van der Waals surface area contributed by atoms with Crippen LogP contribution in [0.3, 0.4) is 0 Å².